The molecule has 1 aliphatic carbocycles. The van der Waals surface area contributed by atoms with Gasteiger partial charge in [0.1, 0.15) is 6.10 Å². The maximum atomic E-state index is 12.6. The summed E-state index contributed by atoms with van der Waals surface area (Å²) in [6, 6.07) is 7.93. The topological polar surface area (TPSA) is 42.4 Å². The van der Waals surface area contributed by atoms with E-state index in [4.69, 9.17) is 4.74 Å². The summed E-state index contributed by atoms with van der Waals surface area (Å²) in [6.07, 6.45) is 4.53. The minimum atomic E-state index is 0.0984. The molecular formula is C17H18N2O2S. The standard InChI is InChI=1S/C17H18N2O2S/c20-16(9-12-6-8-22-11-12)19-10-13-4-5-14(19)17(13)21-15-3-1-2-7-18-15/h1-3,6-8,11,13-14,17H,4-5,9-10H2/t13-,14+,17-/m1/s1. The van der Waals surface area contributed by atoms with Gasteiger partial charge in [-0.15, -0.1) is 0 Å². The molecule has 4 rings (SSSR count). The summed E-state index contributed by atoms with van der Waals surface area (Å²) < 4.78 is 6.08. The highest BCUT2D eigenvalue weighted by molar-refractivity contribution is 7.07. The number of carbonyl (C=O) groups is 1. The number of rotatable bonds is 4. The minimum absolute atomic E-state index is 0.0984. The molecule has 0 spiro atoms. The fraction of sp³-hybridized carbons (Fsp3) is 0.412. The van der Waals surface area contributed by atoms with Crippen molar-refractivity contribution in [2.45, 2.75) is 31.4 Å². The smallest absolute Gasteiger partial charge is 0.227 e. The van der Waals surface area contributed by atoms with Gasteiger partial charge in [-0.2, -0.15) is 11.3 Å². The second-order valence-corrected chi connectivity index (χ2v) is 6.79. The summed E-state index contributed by atoms with van der Waals surface area (Å²) in [7, 11) is 0. The average Bonchev–Trinajstić information content (AvgIpc) is 3.26. The van der Waals surface area contributed by atoms with E-state index < -0.39 is 0 Å². The third-order valence-corrected chi connectivity index (χ3v) is 5.39. The number of aromatic nitrogens is 1. The Hall–Kier alpha value is -1.88. The zero-order valence-corrected chi connectivity index (χ0v) is 13.0. The van der Waals surface area contributed by atoms with Gasteiger partial charge in [-0.05, 0) is 41.3 Å². The fourth-order valence-electron chi connectivity index (χ4n) is 3.63. The maximum absolute atomic E-state index is 12.6. The molecule has 0 aromatic carbocycles. The Morgan fingerprint density at radius 1 is 1.36 bits per heavy atom. The first-order chi connectivity index (χ1) is 10.8. The number of carbonyl (C=O) groups excluding carboxylic acids is 1. The third-order valence-electron chi connectivity index (χ3n) is 4.66. The van der Waals surface area contributed by atoms with Crippen LogP contribution in [-0.2, 0) is 11.2 Å². The Balaban J connectivity index is 1.45. The van der Waals surface area contributed by atoms with Crippen LogP contribution in [0.15, 0.2) is 41.2 Å². The van der Waals surface area contributed by atoms with Gasteiger partial charge >= 0.3 is 0 Å². The number of nitrogens with zero attached hydrogens (tertiary/aromatic N) is 2. The number of likely N-dealkylation sites (tertiary alicyclic amines) is 1. The molecule has 114 valence electrons. The predicted molar refractivity (Wildman–Crippen MR) is 84.9 cm³/mol. The lowest BCUT2D eigenvalue weighted by Crippen LogP contribution is -2.41. The van der Waals surface area contributed by atoms with Gasteiger partial charge in [-0.3, -0.25) is 4.79 Å². The zero-order chi connectivity index (χ0) is 14.9. The van der Waals surface area contributed by atoms with Gasteiger partial charge in [0.05, 0.1) is 12.5 Å². The Kier molecular flexibility index (Phi) is 3.58. The van der Waals surface area contributed by atoms with Crippen molar-refractivity contribution >= 4 is 17.2 Å². The molecule has 0 unspecified atom stereocenters. The van der Waals surface area contributed by atoms with Crippen molar-refractivity contribution in [1.29, 1.82) is 0 Å². The van der Waals surface area contributed by atoms with E-state index in [1.165, 1.54) is 0 Å². The normalized spacial score (nSPS) is 26.4. The molecule has 5 heteroatoms. The summed E-state index contributed by atoms with van der Waals surface area (Å²) in [5.74, 6) is 1.33. The molecule has 0 N–H and O–H groups in total. The van der Waals surface area contributed by atoms with Crippen molar-refractivity contribution in [3.63, 3.8) is 0 Å². The third kappa shape index (κ3) is 2.50. The Morgan fingerprint density at radius 3 is 3.09 bits per heavy atom. The van der Waals surface area contributed by atoms with Crippen LogP contribution in [0.3, 0.4) is 0 Å². The van der Waals surface area contributed by atoms with Gasteiger partial charge in [0.15, 0.2) is 0 Å². The van der Waals surface area contributed by atoms with E-state index in [9.17, 15) is 4.79 Å². The van der Waals surface area contributed by atoms with Crippen LogP contribution in [0.1, 0.15) is 18.4 Å². The largest absolute Gasteiger partial charge is 0.472 e. The number of ether oxygens (including phenoxy) is 1. The van der Waals surface area contributed by atoms with Crippen molar-refractivity contribution in [3.05, 3.63) is 46.8 Å². The molecule has 2 bridgehead atoms. The highest BCUT2D eigenvalue weighted by atomic mass is 32.1. The van der Waals surface area contributed by atoms with Gasteiger partial charge in [0, 0.05) is 24.7 Å². The van der Waals surface area contributed by atoms with Crippen molar-refractivity contribution in [3.8, 4) is 5.88 Å². The highest BCUT2D eigenvalue weighted by Gasteiger charge is 2.50. The number of pyridine rings is 1. The molecular weight excluding hydrogens is 296 g/mol. The summed E-state index contributed by atoms with van der Waals surface area (Å²) in [5, 5.41) is 4.07. The van der Waals surface area contributed by atoms with Crippen molar-refractivity contribution in [2.24, 2.45) is 5.92 Å². The first kappa shape index (κ1) is 13.8. The van der Waals surface area contributed by atoms with Gasteiger partial charge in [-0.25, -0.2) is 4.98 Å². The van der Waals surface area contributed by atoms with Gasteiger partial charge in [-0.1, -0.05) is 6.07 Å². The summed E-state index contributed by atoms with van der Waals surface area (Å²) >= 11 is 1.64. The first-order valence-corrected chi connectivity index (χ1v) is 8.64. The second kappa shape index (κ2) is 5.72. The van der Waals surface area contributed by atoms with Crippen LogP contribution in [0.25, 0.3) is 0 Å². The lowest BCUT2D eigenvalue weighted by Gasteiger charge is -2.27. The van der Waals surface area contributed by atoms with E-state index in [2.05, 4.69) is 4.98 Å². The first-order valence-electron chi connectivity index (χ1n) is 7.69. The molecule has 3 atom stereocenters. The average molecular weight is 314 g/mol. The Bertz CT molecular complexity index is 644. The fourth-order valence-corrected chi connectivity index (χ4v) is 4.30. The molecule has 0 radical (unpaired) electrons. The number of amides is 1. The van der Waals surface area contributed by atoms with E-state index in [-0.39, 0.29) is 18.1 Å². The van der Waals surface area contributed by atoms with E-state index in [1.54, 1.807) is 17.5 Å². The lowest BCUT2D eigenvalue weighted by molar-refractivity contribution is -0.132. The highest BCUT2D eigenvalue weighted by Crippen LogP contribution is 2.40. The molecule has 2 fully saturated rings. The zero-order valence-electron chi connectivity index (χ0n) is 12.2. The van der Waals surface area contributed by atoms with E-state index >= 15 is 0 Å². The molecule has 1 saturated carbocycles. The molecule has 2 aromatic heterocycles. The molecule has 4 nitrogen and oxygen atoms in total. The van der Waals surface area contributed by atoms with Crippen LogP contribution in [0.5, 0.6) is 5.88 Å². The van der Waals surface area contributed by atoms with Crippen molar-refractivity contribution in [2.75, 3.05) is 6.54 Å². The Labute approximate surface area is 133 Å². The van der Waals surface area contributed by atoms with Crippen LogP contribution in [0.2, 0.25) is 0 Å². The Morgan fingerprint density at radius 2 is 2.32 bits per heavy atom. The number of hydrogen-bond donors (Lipinski definition) is 0. The van der Waals surface area contributed by atoms with Crippen LogP contribution >= 0.6 is 11.3 Å². The number of hydrogen-bond acceptors (Lipinski definition) is 4. The molecule has 22 heavy (non-hydrogen) atoms. The summed E-state index contributed by atoms with van der Waals surface area (Å²) in [5.41, 5.74) is 1.11. The van der Waals surface area contributed by atoms with Crippen LogP contribution < -0.4 is 4.74 Å². The molecule has 2 aliphatic rings. The monoisotopic (exact) mass is 314 g/mol. The van der Waals surface area contributed by atoms with Gasteiger partial charge in [0.2, 0.25) is 11.8 Å². The SMILES string of the molecule is O=C(Cc1ccsc1)N1C[C@H]2CC[C@H]1[C@@H]2Oc1ccccn1. The quantitative estimate of drug-likeness (QED) is 0.871. The number of fused-ring (bicyclic) bond motifs is 2. The van der Waals surface area contributed by atoms with Crippen molar-refractivity contribution < 1.29 is 9.53 Å². The van der Waals surface area contributed by atoms with Crippen molar-refractivity contribution in [1.82, 2.24) is 9.88 Å². The maximum Gasteiger partial charge on any atom is 0.227 e. The van der Waals surface area contributed by atoms with E-state index in [1.807, 2.05) is 39.9 Å². The summed E-state index contributed by atoms with van der Waals surface area (Å²) in [4.78, 5) is 18.8. The van der Waals surface area contributed by atoms with E-state index in [0.717, 1.165) is 24.9 Å². The van der Waals surface area contributed by atoms with Gasteiger partial charge < -0.3 is 9.64 Å². The number of thiophene rings is 1. The molecule has 1 amide bonds. The lowest BCUT2D eigenvalue weighted by atomic mass is 10.1. The molecule has 2 aromatic rings. The molecule has 1 aliphatic heterocycles. The minimum Gasteiger partial charge on any atom is -0.472 e. The van der Waals surface area contributed by atoms with Crippen LogP contribution in [0, 0.1) is 5.92 Å². The molecule has 3 heterocycles. The number of piperidine rings is 1. The van der Waals surface area contributed by atoms with Crippen LogP contribution in [0.4, 0.5) is 0 Å². The summed E-state index contributed by atoms with van der Waals surface area (Å²) in [6.45, 7) is 0.825. The molecule has 1 saturated heterocycles. The second-order valence-electron chi connectivity index (χ2n) is 6.01. The predicted octanol–water partition coefficient (Wildman–Crippen LogP) is 2.75. The van der Waals surface area contributed by atoms with Gasteiger partial charge in [0.25, 0.3) is 0 Å². The van der Waals surface area contributed by atoms with Crippen LogP contribution in [-0.4, -0.2) is 34.5 Å². The van der Waals surface area contributed by atoms with E-state index in [0.29, 0.717) is 18.2 Å².